The number of hydrogen-bond acceptors (Lipinski definition) is 5. The lowest BCUT2D eigenvalue weighted by Crippen LogP contribution is -2.49. The van der Waals surface area contributed by atoms with Crippen LogP contribution in [0.15, 0.2) is 42.6 Å². The molecule has 0 spiro atoms. The van der Waals surface area contributed by atoms with Gasteiger partial charge in [-0.3, -0.25) is 14.8 Å². The van der Waals surface area contributed by atoms with E-state index < -0.39 is 0 Å². The number of piperazine rings is 1. The highest BCUT2D eigenvalue weighted by Crippen LogP contribution is 2.30. The number of nitrogens with zero attached hydrogens (tertiary/aromatic N) is 4. The molecule has 1 aromatic carbocycles. The molecule has 2 aliphatic heterocycles. The Bertz CT molecular complexity index is 998. The first-order valence-electron chi connectivity index (χ1n) is 11.0. The minimum atomic E-state index is -0.168. The Morgan fingerprint density at radius 3 is 2.47 bits per heavy atom. The summed E-state index contributed by atoms with van der Waals surface area (Å²) in [6.45, 7) is 11.3. The van der Waals surface area contributed by atoms with Crippen molar-refractivity contribution in [2.45, 2.75) is 32.5 Å². The van der Waals surface area contributed by atoms with Gasteiger partial charge in [0, 0.05) is 85.9 Å². The maximum atomic E-state index is 9.52. The van der Waals surface area contributed by atoms with Gasteiger partial charge in [-0.2, -0.15) is 0 Å². The summed E-state index contributed by atoms with van der Waals surface area (Å²) in [7, 11) is 0. The third-order valence-corrected chi connectivity index (χ3v) is 6.49. The van der Waals surface area contributed by atoms with Gasteiger partial charge in [0.15, 0.2) is 0 Å². The molecular weight excluding hydrogens is 374 g/mol. The quantitative estimate of drug-likeness (QED) is 0.684. The van der Waals surface area contributed by atoms with Gasteiger partial charge in [-0.25, -0.2) is 0 Å². The zero-order valence-electron chi connectivity index (χ0n) is 17.9. The number of benzene rings is 1. The van der Waals surface area contributed by atoms with Gasteiger partial charge >= 0.3 is 0 Å². The van der Waals surface area contributed by atoms with E-state index in [9.17, 15) is 5.11 Å². The maximum absolute atomic E-state index is 9.52. The molecule has 0 unspecified atom stereocenters. The molecule has 4 heterocycles. The van der Waals surface area contributed by atoms with Crippen molar-refractivity contribution in [2.24, 2.45) is 0 Å². The van der Waals surface area contributed by atoms with E-state index >= 15 is 0 Å². The summed E-state index contributed by atoms with van der Waals surface area (Å²) >= 11 is 0. The molecule has 0 bridgehead atoms. The van der Waals surface area contributed by atoms with Crippen molar-refractivity contribution in [3.8, 4) is 11.3 Å². The number of rotatable bonds is 5. The van der Waals surface area contributed by atoms with E-state index in [-0.39, 0.29) is 6.10 Å². The zero-order valence-corrected chi connectivity index (χ0v) is 17.9. The number of β-amino-alcohol motifs (C(OH)–C–C–N with tert-alkyl or cyclic N) is 1. The van der Waals surface area contributed by atoms with Crippen LogP contribution in [0.2, 0.25) is 0 Å². The Hall–Kier alpha value is -2.41. The van der Waals surface area contributed by atoms with Crippen molar-refractivity contribution in [2.75, 3.05) is 44.2 Å². The predicted molar refractivity (Wildman–Crippen MR) is 122 cm³/mol. The number of H-pyrrole nitrogens is 1. The first-order valence-corrected chi connectivity index (χ1v) is 11.0. The van der Waals surface area contributed by atoms with E-state index in [0.717, 1.165) is 68.0 Å². The van der Waals surface area contributed by atoms with Crippen LogP contribution in [-0.2, 0) is 6.54 Å². The van der Waals surface area contributed by atoms with Gasteiger partial charge in [0.1, 0.15) is 0 Å². The Kier molecular flexibility index (Phi) is 5.23. The Morgan fingerprint density at radius 1 is 1.07 bits per heavy atom. The van der Waals surface area contributed by atoms with E-state index in [2.05, 4.69) is 63.9 Å². The van der Waals surface area contributed by atoms with Crippen LogP contribution >= 0.6 is 0 Å². The van der Waals surface area contributed by atoms with Crippen LogP contribution in [0, 0.1) is 0 Å². The van der Waals surface area contributed by atoms with Gasteiger partial charge in [0.2, 0.25) is 0 Å². The van der Waals surface area contributed by atoms with Crippen molar-refractivity contribution in [3.63, 3.8) is 0 Å². The lowest BCUT2D eigenvalue weighted by atomic mass is 10.1. The SMILES string of the molecule is CC(C)N1CCN(c2ccc(-c3nccc4[nH]c(CN5CC(O)C5)cc34)cc2)CC1. The lowest BCUT2D eigenvalue weighted by Gasteiger charge is -2.38. The number of aromatic amines is 1. The van der Waals surface area contributed by atoms with Gasteiger partial charge < -0.3 is 15.0 Å². The number of pyridine rings is 1. The third kappa shape index (κ3) is 3.83. The van der Waals surface area contributed by atoms with Gasteiger partial charge in [-0.1, -0.05) is 12.1 Å². The summed E-state index contributed by atoms with van der Waals surface area (Å²) in [6, 6.07) is 13.7. The number of nitrogens with one attached hydrogen (secondary N) is 1. The van der Waals surface area contributed by atoms with Crippen molar-refractivity contribution >= 4 is 16.6 Å². The number of aliphatic hydroxyl groups is 1. The highest BCUT2D eigenvalue weighted by Gasteiger charge is 2.24. The van der Waals surface area contributed by atoms with Gasteiger partial charge in [0.05, 0.1) is 11.8 Å². The Labute approximate surface area is 178 Å². The van der Waals surface area contributed by atoms with Crippen LogP contribution in [0.5, 0.6) is 0 Å². The molecule has 2 saturated heterocycles. The Balaban J connectivity index is 1.33. The topological polar surface area (TPSA) is 58.6 Å². The number of hydrogen-bond donors (Lipinski definition) is 2. The molecule has 0 saturated carbocycles. The summed E-state index contributed by atoms with van der Waals surface area (Å²) in [5, 5.41) is 10.7. The summed E-state index contributed by atoms with van der Waals surface area (Å²) in [4.78, 5) is 15.5. The van der Waals surface area contributed by atoms with E-state index in [1.54, 1.807) is 0 Å². The normalized spacial score (nSPS) is 19.0. The average Bonchev–Trinajstić information content (AvgIpc) is 3.15. The third-order valence-electron chi connectivity index (χ3n) is 6.49. The van der Waals surface area contributed by atoms with Gasteiger partial charge in [0.25, 0.3) is 0 Å². The van der Waals surface area contributed by atoms with Crippen LogP contribution in [0.1, 0.15) is 19.5 Å². The fraction of sp³-hybridized carbons (Fsp3) is 0.458. The second-order valence-electron chi connectivity index (χ2n) is 8.93. The summed E-state index contributed by atoms with van der Waals surface area (Å²) < 4.78 is 0. The maximum Gasteiger partial charge on any atom is 0.0795 e. The summed E-state index contributed by atoms with van der Waals surface area (Å²) in [5.41, 5.74) is 5.75. The van der Waals surface area contributed by atoms with Crippen LogP contribution in [0.3, 0.4) is 0 Å². The summed E-state index contributed by atoms with van der Waals surface area (Å²) in [5.74, 6) is 0. The van der Waals surface area contributed by atoms with Crippen LogP contribution in [0.25, 0.3) is 22.2 Å². The fourth-order valence-corrected chi connectivity index (χ4v) is 4.67. The minimum absolute atomic E-state index is 0.168. The molecule has 5 rings (SSSR count). The minimum Gasteiger partial charge on any atom is -0.390 e. The van der Waals surface area contributed by atoms with Gasteiger partial charge in [-0.15, -0.1) is 0 Å². The molecule has 158 valence electrons. The van der Waals surface area contributed by atoms with Crippen LogP contribution < -0.4 is 4.90 Å². The van der Waals surface area contributed by atoms with Crippen LogP contribution in [0.4, 0.5) is 5.69 Å². The first kappa shape index (κ1) is 19.5. The molecule has 3 aromatic rings. The number of anilines is 1. The first-order chi connectivity index (χ1) is 14.6. The lowest BCUT2D eigenvalue weighted by molar-refractivity contribution is -0.00342. The van der Waals surface area contributed by atoms with Crippen molar-refractivity contribution in [1.82, 2.24) is 19.8 Å². The van der Waals surface area contributed by atoms with Crippen molar-refractivity contribution in [1.29, 1.82) is 0 Å². The van der Waals surface area contributed by atoms with E-state index in [1.165, 1.54) is 11.4 Å². The average molecular weight is 406 g/mol. The molecule has 0 aliphatic carbocycles. The molecule has 2 aromatic heterocycles. The van der Waals surface area contributed by atoms with Crippen molar-refractivity contribution in [3.05, 3.63) is 48.3 Å². The van der Waals surface area contributed by atoms with Gasteiger partial charge in [-0.05, 0) is 38.1 Å². The second kappa shape index (κ2) is 8.02. The molecule has 2 N–H and O–H groups in total. The monoisotopic (exact) mass is 405 g/mol. The molecular formula is C24H31N5O. The number of aromatic nitrogens is 2. The van der Waals surface area contributed by atoms with Crippen molar-refractivity contribution < 1.29 is 5.11 Å². The molecule has 2 fully saturated rings. The molecule has 30 heavy (non-hydrogen) atoms. The molecule has 2 aliphatic rings. The largest absolute Gasteiger partial charge is 0.390 e. The fourth-order valence-electron chi connectivity index (χ4n) is 4.67. The second-order valence-corrected chi connectivity index (χ2v) is 8.93. The molecule has 0 atom stereocenters. The standard InChI is InChI=1S/C24H31N5O/c1-17(2)28-9-11-29(12-10-28)20-5-3-18(4-6-20)24-22-13-19(14-27-15-21(30)16-27)26-23(22)7-8-25-24/h3-8,13,17,21,26,30H,9-12,14-16H2,1-2H3. The number of likely N-dealkylation sites (tertiary alicyclic amines) is 1. The molecule has 0 radical (unpaired) electrons. The Morgan fingerprint density at radius 2 is 1.80 bits per heavy atom. The van der Waals surface area contributed by atoms with E-state index in [0.29, 0.717) is 6.04 Å². The van der Waals surface area contributed by atoms with Crippen LogP contribution in [-0.4, -0.2) is 76.3 Å². The predicted octanol–water partition coefficient (Wildman–Crippen LogP) is 2.94. The highest BCUT2D eigenvalue weighted by atomic mass is 16.3. The smallest absolute Gasteiger partial charge is 0.0795 e. The zero-order chi connectivity index (χ0) is 20.7. The number of fused-ring (bicyclic) bond motifs is 1. The highest BCUT2D eigenvalue weighted by molar-refractivity contribution is 5.93. The van der Waals surface area contributed by atoms with E-state index in [1.807, 2.05) is 12.3 Å². The molecule has 6 heteroatoms. The van der Waals surface area contributed by atoms with E-state index in [4.69, 9.17) is 4.98 Å². The molecule has 6 nitrogen and oxygen atoms in total. The molecule has 0 amide bonds. The summed E-state index contributed by atoms with van der Waals surface area (Å²) in [6.07, 6.45) is 1.71. The number of aliphatic hydroxyl groups excluding tert-OH is 1.